The minimum absolute atomic E-state index is 0.234. The van der Waals surface area contributed by atoms with Crippen LogP contribution in [0.4, 0.5) is 10.2 Å². The molecule has 0 spiro atoms. The Morgan fingerprint density at radius 1 is 1.24 bits per heavy atom. The Morgan fingerprint density at radius 2 is 2.10 bits per heavy atom. The summed E-state index contributed by atoms with van der Waals surface area (Å²) in [4.78, 5) is 8.30. The zero-order valence-corrected chi connectivity index (χ0v) is 11.5. The van der Waals surface area contributed by atoms with Crippen molar-refractivity contribution in [2.75, 3.05) is 5.32 Å². The fourth-order valence-electron chi connectivity index (χ4n) is 1.93. The molecule has 6 heteroatoms. The van der Waals surface area contributed by atoms with E-state index in [2.05, 4.69) is 20.4 Å². The quantitative estimate of drug-likeness (QED) is 0.800. The van der Waals surface area contributed by atoms with Gasteiger partial charge in [-0.25, -0.2) is 19.0 Å². The Balaban J connectivity index is 1.76. The lowest BCUT2D eigenvalue weighted by molar-refractivity contribution is 0.613. The molecule has 2 aromatic heterocycles. The van der Waals surface area contributed by atoms with Crippen LogP contribution in [0.25, 0.3) is 5.82 Å². The summed E-state index contributed by atoms with van der Waals surface area (Å²) < 4.78 is 15.2. The van der Waals surface area contributed by atoms with E-state index in [1.165, 1.54) is 12.4 Å². The van der Waals surface area contributed by atoms with Crippen LogP contribution in [-0.4, -0.2) is 19.7 Å². The number of rotatable bonds is 4. The van der Waals surface area contributed by atoms with Crippen molar-refractivity contribution in [2.24, 2.45) is 0 Å². The Morgan fingerprint density at radius 3 is 2.86 bits per heavy atom. The van der Waals surface area contributed by atoms with Crippen molar-refractivity contribution in [1.29, 1.82) is 0 Å². The van der Waals surface area contributed by atoms with Crippen molar-refractivity contribution in [3.05, 3.63) is 66.0 Å². The lowest BCUT2D eigenvalue weighted by Crippen LogP contribution is -2.05. The molecule has 0 saturated heterocycles. The third kappa shape index (κ3) is 3.05. The molecule has 0 saturated carbocycles. The second-order valence-electron chi connectivity index (χ2n) is 4.67. The maximum Gasteiger partial charge on any atom is 0.158 e. The number of anilines is 1. The van der Waals surface area contributed by atoms with Crippen LogP contribution in [0, 0.1) is 12.7 Å². The molecule has 0 atom stereocenters. The van der Waals surface area contributed by atoms with Crippen LogP contribution in [-0.2, 0) is 6.54 Å². The summed E-state index contributed by atoms with van der Waals surface area (Å²) in [5.41, 5.74) is 1.64. The third-order valence-corrected chi connectivity index (χ3v) is 3.02. The molecular weight excluding hydrogens is 269 g/mol. The number of benzene rings is 1. The van der Waals surface area contributed by atoms with Crippen LogP contribution in [0.15, 0.2) is 49.1 Å². The molecule has 1 aromatic carbocycles. The zero-order valence-electron chi connectivity index (χ0n) is 11.5. The molecule has 21 heavy (non-hydrogen) atoms. The Labute approximate surface area is 121 Å². The molecule has 0 radical (unpaired) electrons. The highest BCUT2D eigenvalue weighted by atomic mass is 19.1. The highest BCUT2D eigenvalue weighted by Gasteiger charge is 2.04. The van der Waals surface area contributed by atoms with Crippen molar-refractivity contribution in [2.45, 2.75) is 13.5 Å². The van der Waals surface area contributed by atoms with Gasteiger partial charge in [-0.05, 0) is 18.6 Å². The Bertz CT molecular complexity index is 753. The smallest absolute Gasteiger partial charge is 0.158 e. The first-order chi connectivity index (χ1) is 10.2. The number of aryl methyl sites for hydroxylation is 1. The second kappa shape index (κ2) is 5.70. The second-order valence-corrected chi connectivity index (χ2v) is 4.67. The largest absolute Gasteiger partial charge is 0.366 e. The Hall–Kier alpha value is -2.76. The van der Waals surface area contributed by atoms with Crippen molar-refractivity contribution in [3.63, 3.8) is 0 Å². The summed E-state index contributed by atoms with van der Waals surface area (Å²) in [5.74, 6) is 1.05. The third-order valence-electron chi connectivity index (χ3n) is 3.02. The van der Waals surface area contributed by atoms with Gasteiger partial charge in [0.2, 0.25) is 0 Å². The molecule has 1 N–H and O–H groups in total. The van der Waals surface area contributed by atoms with Crippen LogP contribution in [0.3, 0.4) is 0 Å². The molecule has 0 aliphatic carbocycles. The van der Waals surface area contributed by atoms with Crippen LogP contribution >= 0.6 is 0 Å². The Kier molecular flexibility index (Phi) is 3.59. The van der Waals surface area contributed by atoms with Crippen molar-refractivity contribution in [1.82, 2.24) is 19.7 Å². The average molecular weight is 283 g/mol. The summed E-state index contributed by atoms with van der Waals surface area (Å²) in [6, 6.07) is 8.42. The molecule has 3 rings (SSSR count). The summed E-state index contributed by atoms with van der Waals surface area (Å²) in [6.45, 7) is 2.32. The topological polar surface area (TPSA) is 55.6 Å². The van der Waals surface area contributed by atoms with Gasteiger partial charge in [0, 0.05) is 24.4 Å². The van der Waals surface area contributed by atoms with Gasteiger partial charge in [-0.1, -0.05) is 18.2 Å². The molecule has 0 aliphatic heterocycles. The summed E-state index contributed by atoms with van der Waals surface area (Å²) in [7, 11) is 0. The van der Waals surface area contributed by atoms with E-state index in [9.17, 15) is 4.39 Å². The summed E-state index contributed by atoms with van der Waals surface area (Å²) >= 11 is 0. The highest BCUT2D eigenvalue weighted by molar-refractivity contribution is 5.41. The number of hydrogen-bond acceptors (Lipinski definition) is 4. The van der Waals surface area contributed by atoms with Gasteiger partial charge in [0.25, 0.3) is 0 Å². The standard InChI is InChI=1S/C15H14FN5/c1-11-7-20-21(9-11)15-6-14(18-10-19-15)17-8-12-4-2-3-5-13(12)16/h2-7,9-10H,8H2,1H3,(H,17,18,19). The van der Waals surface area contributed by atoms with Crippen LogP contribution < -0.4 is 5.32 Å². The maximum atomic E-state index is 13.6. The maximum absolute atomic E-state index is 13.6. The van der Waals surface area contributed by atoms with E-state index >= 15 is 0 Å². The van der Waals surface area contributed by atoms with Crippen molar-refractivity contribution >= 4 is 5.82 Å². The van der Waals surface area contributed by atoms with Gasteiger partial charge in [0.1, 0.15) is 18.0 Å². The molecule has 5 nitrogen and oxygen atoms in total. The van der Waals surface area contributed by atoms with Gasteiger partial charge in [-0.15, -0.1) is 0 Å². The van der Waals surface area contributed by atoms with Gasteiger partial charge < -0.3 is 5.32 Å². The molecule has 2 heterocycles. The number of hydrogen-bond donors (Lipinski definition) is 1. The van der Waals surface area contributed by atoms with Gasteiger partial charge in [0.05, 0.1) is 6.20 Å². The lowest BCUT2D eigenvalue weighted by atomic mass is 10.2. The lowest BCUT2D eigenvalue weighted by Gasteiger charge is -2.07. The fraction of sp³-hybridized carbons (Fsp3) is 0.133. The van der Waals surface area contributed by atoms with Crippen LogP contribution in [0.1, 0.15) is 11.1 Å². The van der Waals surface area contributed by atoms with E-state index in [1.807, 2.05) is 13.1 Å². The molecular formula is C15H14FN5. The predicted molar refractivity (Wildman–Crippen MR) is 77.6 cm³/mol. The van der Waals surface area contributed by atoms with Crippen molar-refractivity contribution < 1.29 is 4.39 Å². The minimum atomic E-state index is -0.234. The van der Waals surface area contributed by atoms with Crippen LogP contribution in [0.2, 0.25) is 0 Å². The fourth-order valence-corrected chi connectivity index (χ4v) is 1.93. The minimum Gasteiger partial charge on any atom is -0.366 e. The number of nitrogens with one attached hydrogen (secondary N) is 1. The van der Waals surface area contributed by atoms with Gasteiger partial charge in [-0.3, -0.25) is 0 Å². The van der Waals surface area contributed by atoms with E-state index in [0.717, 1.165) is 5.56 Å². The van der Waals surface area contributed by atoms with E-state index in [1.54, 1.807) is 35.1 Å². The van der Waals surface area contributed by atoms with Crippen LogP contribution in [0.5, 0.6) is 0 Å². The molecule has 0 unspecified atom stereocenters. The molecule has 0 amide bonds. The molecule has 0 bridgehead atoms. The van der Waals surface area contributed by atoms with E-state index < -0.39 is 0 Å². The number of halogens is 1. The first kappa shape index (κ1) is 13.2. The molecule has 0 fully saturated rings. The first-order valence-corrected chi connectivity index (χ1v) is 6.53. The summed E-state index contributed by atoms with van der Waals surface area (Å²) in [6.07, 6.45) is 5.09. The molecule has 106 valence electrons. The van der Waals surface area contributed by atoms with Gasteiger partial charge >= 0.3 is 0 Å². The summed E-state index contributed by atoms with van der Waals surface area (Å²) in [5, 5.41) is 7.28. The highest BCUT2D eigenvalue weighted by Crippen LogP contribution is 2.12. The van der Waals surface area contributed by atoms with E-state index in [4.69, 9.17) is 0 Å². The van der Waals surface area contributed by atoms with Crippen molar-refractivity contribution in [3.8, 4) is 5.82 Å². The van der Waals surface area contributed by atoms with Gasteiger partial charge in [0.15, 0.2) is 5.82 Å². The molecule has 3 aromatic rings. The monoisotopic (exact) mass is 283 g/mol. The van der Waals surface area contributed by atoms with Gasteiger partial charge in [-0.2, -0.15) is 5.10 Å². The normalized spacial score (nSPS) is 10.6. The number of aromatic nitrogens is 4. The van der Waals surface area contributed by atoms with E-state index in [0.29, 0.717) is 23.7 Å². The number of nitrogens with zero attached hydrogens (tertiary/aromatic N) is 4. The zero-order chi connectivity index (χ0) is 14.7. The predicted octanol–water partition coefficient (Wildman–Crippen LogP) is 2.72. The average Bonchev–Trinajstić information content (AvgIpc) is 2.93. The SMILES string of the molecule is Cc1cnn(-c2cc(NCc3ccccc3F)ncn2)c1. The first-order valence-electron chi connectivity index (χ1n) is 6.53. The molecule has 0 aliphatic rings. The van der Waals surface area contributed by atoms with E-state index in [-0.39, 0.29) is 5.82 Å².